The monoisotopic (exact) mass is 267 g/mol. The fourth-order valence-electron chi connectivity index (χ4n) is 1.52. The van der Waals surface area contributed by atoms with E-state index >= 15 is 0 Å². The lowest BCUT2D eigenvalue weighted by Crippen LogP contribution is -2.08. The summed E-state index contributed by atoms with van der Waals surface area (Å²) in [5, 5.41) is 4.49. The normalized spacial score (nSPS) is 12.4. The van der Waals surface area contributed by atoms with E-state index < -0.39 is 0 Å². The summed E-state index contributed by atoms with van der Waals surface area (Å²) in [4.78, 5) is 4.26. The molecule has 6 heteroatoms. The Kier molecular flexibility index (Phi) is 3.84. The standard InChI is InChI=1S/C12H14ClN3O2/c1-3-9(14)12-15-11(16-18-12)8-5-4-7(13)6-10(8)17-2/h4-6,9H,3,14H2,1-2H3/t9-/m0/s1. The molecule has 18 heavy (non-hydrogen) atoms. The minimum atomic E-state index is -0.246. The number of rotatable bonds is 4. The van der Waals surface area contributed by atoms with E-state index in [0.29, 0.717) is 22.5 Å². The number of nitrogens with two attached hydrogens (primary N) is 1. The first kappa shape index (κ1) is 12.9. The molecule has 2 N–H and O–H groups in total. The highest BCUT2D eigenvalue weighted by Crippen LogP contribution is 2.31. The summed E-state index contributed by atoms with van der Waals surface area (Å²) < 4.78 is 10.4. The van der Waals surface area contributed by atoms with E-state index in [2.05, 4.69) is 10.1 Å². The predicted molar refractivity (Wildman–Crippen MR) is 68.5 cm³/mol. The number of hydrogen-bond donors (Lipinski definition) is 1. The zero-order valence-electron chi connectivity index (χ0n) is 10.2. The first-order valence-corrected chi connectivity index (χ1v) is 5.96. The number of methoxy groups -OCH3 is 1. The molecule has 96 valence electrons. The van der Waals surface area contributed by atoms with Crippen molar-refractivity contribution in [3.63, 3.8) is 0 Å². The maximum atomic E-state index is 5.90. The highest BCUT2D eigenvalue weighted by atomic mass is 35.5. The molecule has 0 saturated carbocycles. The molecular formula is C12H14ClN3O2. The van der Waals surface area contributed by atoms with Crippen LogP contribution in [0.2, 0.25) is 5.02 Å². The van der Waals surface area contributed by atoms with Gasteiger partial charge in [0.25, 0.3) is 0 Å². The highest BCUT2D eigenvalue weighted by Gasteiger charge is 2.16. The van der Waals surface area contributed by atoms with Gasteiger partial charge in [-0.2, -0.15) is 4.98 Å². The Morgan fingerprint density at radius 3 is 2.94 bits per heavy atom. The molecular weight excluding hydrogens is 254 g/mol. The summed E-state index contributed by atoms with van der Waals surface area (Å²) in [5.74, 6) is 1.46. The quantitative estimate of drug-likeness (QED) is 0.922. The minimum Gasteiger partial charge on any atom is -0.496 e. The van der Waals surface area contributed by atoms with Crippen LogP contribution in [0, 0.1) is 0 Å². The maximum absolute atomic E-state index is 5.90. The third-order valence-electron chi connectivity index (χ3n) is 2.60. The number of aromatic nitrogens is 2. The molecule has 1 aromatic heterocycles. The van der Waals surface area contributed by atoms with E-state index in [4.69, 9.17) is 26.6 Å². The molecule has 0 spiro atoms. The molecule has 0 radical (unpaired) electrons. The lowest BCUT2D eigenvalue weighted by molar-refractivity contribution is 0.352. The molecule has 0 fully saturated rings. The number of benzene rings is 1. The highest BCUT2D eigenvalue weighted by molar-refractivity contribution is 6.30. The molecule has 0 amide bonds. The van der Waals surface area contributed by atoms with Crippen LogP contribution in [0.15, 0.2) is 22.7 Å². The van der Waals surface area contributed by atoms with Gasteiger partial charge >= 0.3 is 0 Å². The van der Waals surface area contributed by atoms with E-state index in [1.165, 1.54) is 0 Å². The first-order chi connectivity index (χ1) is 8.65. The SMILES string of the molecule is CC[C@H](N)c1nc(-c2ccc(Cl)cc2OC)no1. The summed E-state index contributed by atoms with van der Waals surface area (Å²) >= 11 is 5.90. The molecule has 0 aliphatic carbocycles. The summed E-state index contributed by atoms with van der Waals surface area (Å²) in [6.45, 7) is 1.96. The second-order valence-electron chi connectivity index (χ2n) is 3.82. The molecule has 0 saturated heterocycles. The largest absolute Gasteiger partial charge is 0.496 e. The lowest BCUT2D eigenvalue weighted by Gasteiger charge is -2.04. The predicted octanol–water partition coefficient (Wildman–Crippen LogP) is 2.81. The second-order valence-corrected chi connectivity index (χ2v) is 4.25. The molecule has 5 nitrogen and oxygen atoms in total. The molecule has 0 aliphatic heterocycles. The maximum Gasteiger partial charge on any atom is 0.243 e. The lowest BCUT2D eigenvalue weighted by atomic mass is 10.2. The van der Waals surface area contributed by atoms with Crippen molar-refractivity contribution in [2.45, 2.75) is 19.4 Å². The van der Waals surface area contributed by atoms with Crippen LogP contribution < -0.4 is 10.5 Å². The molecule has 2 aromatic rings. The topological polar surface area (TPSA) is 74.2 Å². The van der Waals surface area contributed by atoms with E-state index in [9.17, 15) is 0 Å². The van der Waals surface area contributed by atoms with Gasteiger partial charge in [0.1, 0.15) is 5.75 Å². The van der Waals surface area contributed by atoms with Gasteiger partial charge < -0.3 is 15.0 Å². The smallest absolute Gasteiger partial charge is 0.243 e. The van der Waals surface area contributed by atoms with Crippen LogP contribution in [0.4, 0.5) is 0 Å². The van der Waals surface area contributed by atoms with Crippen molar-refractivity contribution < 1.29 is 9.26 Å². The third kappa shape index (κ3) is 2.47. The van der Waals surface area contributed by atoms with Crippen molar-refractivity contribution in [3.8, 4) is 17.1 Å². The van der Waals surface area contributed by atoms with E-state index in [1.807, 2.05) is 6.92 Å². The number of ether oxygens (including phenoxy) is 1. The summed E-state index contributed by atoms with van der Waals surface area (Å²) in [7, 11) is 1.56. The van der Waals surface area contributed by atoms with Crippen LogP contribution in [0.5, 0.6) is 5.75 Å². The van der Waals surface area contributed by atoms with Crippen LogP contribution in [-0.2, 0) is 0 Å². The molecule has 1 atom stereocenters. The Morgan fingerprint density at radius 2 is 2.28 bits per heavy atom. The number of hydrogen-bond acceptors (Lipinski definition) is 5. The zero-order chi connectivity index (χ0) is 13.1. The van der Waals surface area contributed by atoms with Crippen molar-refractivity contribution in [1.29, 1.82) is 0 Å². The van der Waals surface area contributed by atoms with Crippen LogP contribution in [-0.4, -0.2) is 17.3 Å². The third-order valence-corrected chi connectivity index (χ3v) is 2.84. The number of halogens is 1. The average Bonchev–Trinajstić information content (AvgIpc) is 2.87. The van der Waals surface area contributed by atoms with Crippen molar-refractivity contribution in [2.75, 3.05) is 7.11 Å². The van der Waals surface area contributed by atoms with Gasteiger partial charge in [0.15, 0.2) is 0 Å². The minimum absolute atomic E-state index is 0.246. The molecule has 0 aliphatic rings. The van der Waals surface area contributed by atoms with Gasteiger partial charge in [-0.05, 0) is 24.6 Å². The molecule has 0 unspecified atom stereocenters. The van der Waals surface area contributed by atoms with Crippen molar-refractivity contribution in [1.82, 2.24) is 10.1 Å². The van der Waals surface area contributed by atoms with Crippen LogP contribution >= 0.6 is 11.6 Å². The fourth-order valence-corrected chi connectivity index (χ4v) is 1.68. The van der Waals surface area contributed by atoms with Crippen LogP contribution in [0.25, 0.3) is 11.4 Å². The van der Waals surface area contributed by atoms with Gasteiger partial charge in [0.2, 0.25) is 11.7 Å². The van der Waals surface area contributed by atoms with Gasteiger partial charge in [-0.3, -0.25) is 0 Å². The summed E-state index contributed by atoms with van der Waals surface area (Å²) in [5.41, 5.74) is 6.55. The molecule has 1 heterocycles. The fraction of sp³-hybridized carbons (Fsp3) is 0.333. The Bertz CT molecular complexity index is 542. The van der Waals surface area contributed by atoms with E-state index in [1.54, 1.807) is 25.3 Å². The Hall–Kier alpha value is -1.59. The van der Waals surface area contributed by atoms with Crippen molar-refractivity contribution in [2.24, 2.45) is 5.73 Å². The van der Waals surface area contributed by atoms with Gasteiger partial charge in [-0.1, -0.05) is 23.7 Å². The Morgan fingerprint density at radius 1 is 1.50 bits per heavy atom. The Labute approximate surface area is 110 Å². The summed E-state index contributed by atoms with van der Waals surface area (Å²) in [6, 6.07) is 4.99. The van der Waals surface area contributed by atoms with Crippen molar-refractivity contribution in [3.05, 3.63) is 29.1 Å². The van der Waals surface area contributed by atoms with Gasteiger partial charge in [-0.25, -0.2) is 0 Å². The van der Waals surface area contributed by atoms with Crippen LogP contribution in [0.3, 0.4) is 0 Å². The second kappa shape index (κ2) is 5.37. The van der Waals surface area contributed by atoms with E-state index in [-0.39, 0.29) is 6.04 Å². The van der Waals surface area contributed by atoms with Gasteiger partial charge in [0.05, 0.1) is 18.7 Å². The first-order valence-electron chi connectivity index (χ1n) is 5.58. The van der Waals surface area contributed by atoms with E-state index in [0.717, 1.165) is 12.0 Å². The Balaban J connectivity index is 2.39. The zero-order valence-corrected chi connectivity index (χ0v) is 10.9. The number of nitrogens with zero attached hydrogens (tertiary/aromatic N) is 2. The molecule has 2 rings (SSSR count). The molecule has 1 aromatic carbocycles. The molecule has 0 bridgehead atoms. The summed E-state index contributed by atoms with van der Waals surface area (Å²) in [6.07, 6.45) is 0.736. The van der Waals surface area contributed by atoms with Crippen LogP contribution in [0.1, 0.15) is 25.3 Å². The van der Waals surface area contributed by atoms with Gasteiger partial charge in [-0.15, -0.1) is 0 Å². The average molecular weight is 268 g/mol. The van der Waals surface area contributed by atoms with Gasteiger partial charge in [0, 0.05) is 5.02 Å². The van der Waals surface area contributed by atoms with Crippen molar-refractivity contribution >= 4 is 11.6 Å².